The van der Waals surface area contributed by atoms with E-state index in [0.29, 0.717) is 12.8 Å². The lowest BCUT2D eigenvalue weighted by atomic mass is 9.44. The molecule has 0 N–H and O–H groups in total. The molecule has 28 heavy (non-hydrogen) atoms. The molecule has 5 heteroatoms. The van der Waals surface area contributed by atoms with E-state index < -0.39 is 33.6 Å². The van der Waals surface area contributed by atoms with Gasteiger partial charge in [0.1, 0.15) is 0 Å². The first-order valence-electron chi connectivity index (χ1n) is 10.2. The second-order valence-corrected chi connectivity index (χ2v) is 10.3. The van der Waals surface area contributed by atoms with Gasteiger partial charge in [0, 0.05) is 23.2 Å². The minimum Gasteiger partial charge on any atom is -0.298 e. The van der Waals surface area contributed by atoms with Gasteiger partial charge in [-0.2, -0.15) is 0 Å². The van der Waals surface area contributed by atoms with Gasteiger partial charge in [0.25, 0.3) is 0 Å². The second kappa shape index (κ2) is 5.87. The molecule has 4 rings (SSSR count). The van der Waals surface area contributed by atoms with Crippen molar-refractivity contribution in [1.82, 2.24) is 0 Å². The average molecular weight is 407 g/mol. The Hall–Kier alpha value is -1.29. The summed E-state index contributed by atoms with van der Waals surface area (Å²) in [7, 11) is 0. The largest absolute Gasteiger partial charge is 0.298 e. The molecule has 0 radical (unpaired) electrons. The molecule has 0 bridgehead atoms. The minimum atomic E-state index is -2.03. The van der Waals surface area contributed by atoms with Gasteiger partial charge in [0.05, 0.1) is 5.88 Å². The van der Waals surface area contributed by atoms with Crippen molar-refractivity contribution < 1.29 is 18.8 Å². The molecule has 3 fully saturated rings. The van der Waals surface area contributed by atoms with Gasteiger partial charge >= 0.3 is 0 Å². The van der Waals surface area contributed by atoms with Gasteiger partial charge in [0.2, 0.25) is 0 Å². The van der Waals surface area contributed by atoms with Crippen LogP contribution < -0.4 is 0 Å². The molecule has 1 unspecified atom stereocenters. The monoisotopic (exact) mass is 406 g/mol. The SMILES string of the molecule is CC1C[C@H]2[C@@H]3CCC4=CC(=O)C=C[C@]4(C)[C@@]3(F)C(=O)C[C@]2(C)[C@@]1(C)C(=O)CCl. The fraction of sp³-hybridized carbons (Fsp3) is 0.696. The summed E-state index contributed by atoms with van der Waals surface area (Å²) in [4.78, 5) is 38.2. The first kappa shape index (κ1) is 20.0. The highest BCUT2D eigenvalue weighted by Crippen LogP contribution is 2.72. The molecule has 0 heterocycles. The van der Waals surface area contributed by atoms with Gasteiger partial charge in [-0.05, 0) is 55.6 Å². The lowest BCUT2D eigenvalue weighted by Crippen LogP contribution is -2.66. The Kier molecular flexibility index (Phi) is 4.19. The zero-order valence-corrected chi connectivity index (χ0v) is 17.7. The Morgan fingerprint density at radius 3 is 2.57 bits per heavy atom. The third kappa shape index (κ3) is 2.03. The molecule has 7 atom stereocenters. The molecule has 4 aliphatic rings. The molecule has 0 saturated heterocycles. The highest BCUT2D eigenvalue weighted by Gasteiger charge is 2.74. The molecule has 0 aromatic heterocycles. The predicted molar refractivity (Wildman–Crippen MR) is 106 cm³/mol. The maximum absolute atomic E-state index is 16.9. The maximum Gasteiger partial charge on any atom is 0.184 e. The normalized spacial score (nSPS) is 49.9. The summed E-state index contributed by atoms with van der Waals surface area (Å²) in [6, 6.07) is 0. The molecule has 4 aliphatic carbocycles. The highest BCUT2D eigenvalue weighted by atomic mass is 35.5. The number of fused-ring (bicyclic) bond motifs is 5. The minimum absolute atomic E-state index is 0.0390. The van der Waals surface area contributed by atoms with E-state index in [1.54, 1.807) is 13.0 Å². The standard InChI is InChI=1S/C23H28ClFO3/c1-13-9-17-16-6-5-14-10-15(26)7-8-20(14,2)23(16,25)18(27)11-21(17,3)22(13,4)19(28)12-24/h7-8,10,13,16-17H,5-6,9,11-12H2,1-4H3/t13?,16-,17-,20-,21-,22+,23-/m0/s1. The van der Waals surface area contributed by atoms with Gasteiger partial charge in [-0.3, -0.25) is 14.4 Å². The van der Waals surface area contributed by atoms with Crippen molar-refractivity contribution in [3.05, 3.63) is 23.8 Å². The molecular weight excluding hydrogens is 379 g/mol. The number of hydrogen-bond donors (Lipinski definition) is 0. The van der Waals surface area contributed by atoms with Gasteiger partial charge in [-0.15, -0.1) is 11.6 Å². The van der Waals surface area contributed by atoms with Crippen LogP contribution in [0.3, 0.4) is 0 Å². The zero-order valence-electron chi connectivity index (χ0n) is 17.0. The summed E-state index contributed by atoms with van der Waals surface area (Å²) in [5, 5.41) is 0. The van der Waals surface area contributed by atoms with Crippen molar-refractivity contribution in [3.63, 3.8) is 0 Å². The number of carbonyl (C=O) groups excluding carboxylic acids is 3. The Bertz CT molecular complexity index is 847. The van der Waals surface area contributed by atoms with E-state index >= 15 is 4.39 Å². The van der Waals surface area contributed by atoms with Crippen molar-refractivity contribution in [2.75, 3.05) is 5.88 Å². The number of rotatable bonds is 2. The fourth-order valence-electron chi connectivity index (χ4n) is 7.22. The third-order valence-corrected chi connectivity index (χ3v) is 9.52. The molecule has 0 amide bonds. The molecule has 0 aromatic carbocycles. The van der Waals surface area contributed by atoms with Crippen molar-refractivity contribution in [2.24, 2.45) is 34.0 Å². The summed E-state index contributed by atoms with van der Waals surface area (Å²) in [5.41, 5.74) is -3.72. The zero-order chi connectivity index (χ0) is 20.7. The number of allylic oxidation sites excluding steroid dienone is 4. The predicted octanol–water partition coefficient (Wildman–Crippen LogP) is 4.63. The summed E-state index contributed by atoms with van der Waals surface area (Å²) in [6.07, 6.45) is 6.42. The van der Waals surface area contributed by atoms with E-state index in [-0.39, 0.29) is 35.7 Å². The summed E-state index contributed by atoms with van der Waals surface area (Å²) >= 11 is 5.95. The summed E-state index contributed by atoms with van der Waals surface area (Å²) in [5.74, 6) is -1.17. The number of halogens is 2. The van der Waals surface area contributed by atoms with E-state index in [2.05, 4.69) is 0 Å². The molecule has 152 valence electrons. The summed E-state index contributed by atoms with van der Waals surface area (Å²) < 4.78 is 16.9. The Balaban J connectivity index is 1.85. The topological polar surface area (TPSA) is 51.2 Å². The molecule has 3 nitrogen and oxygen atoms in total. The van der Waals surface area contributed by atoms with Gasteiger partial charge < -0.3 is 0 Å². The highest BCUT2D eigenvalue weighted by molar-refractivity contribution is 6.28. The van der Waals surface area contributed by atoms with Crippen LogP contribution in [0, 0.1) is 34.0 Å². The number of ketones is 3. The van der Waals surface area contributed by atoms with Crippen molar-refractivity contribution in [1.29, 1.82) is 0 Å². The van der Waals surface area contributed by atoms with Gasteiger partial charge in [-0.1, -0.05) is 32.4 Å². The van der Waals surface area contributed by atoms with E-state index in [4.69, 9.17) is 11.6 Å². The van der Waals surface area contributed by atoms with Crippen LogP contribution in [0.15, 0.2) is 23.8 Å². The van der Waals surface area contributed by atoms with Crippen LogP contribution in [0.2, 0.25) is 0 Å². The lowest BCUT2D eigenvalue weighted by Gasteiger charge is -2.60. The number of alkyl halides is 2. The summed E-state index contributed by atoms with van der Waals surface area (Å²) in [6.45, 7) is 7.72. The first-order valence-corrected chi connectivity index (χ1v) is 10.8. The van der Waals surface area contributed by atoms with E-state index in [1.807, 2.05) is 20.8 Å². The molecular formula is C23H28ClFO3. The van der Waals surface area contributed by atoms with Crippen LogP contribution in [0.4, 0.5) is 4.39 Å². The van der Waals surface area contributed by atoms with E-state index in [9.17, 15) is 14.4 Å². The number of hydrogen-bond acceptors (Lipinski definition) is 3. The third-order valence-electron chi connectivity index (χ3n) is 9.27. The van der Waals surface area contributed by atoms with Crippen LogP contribution in [-0.4, -0.2) is 28.9 Å². The molecule has 0 spiro atoms. The fourth-order valence-corrected chi connectivity index (χ4v) is 7.50. The number of carbonyl (C=O) groups is 3. The van der Waals surface area contributed by atoms with Gasteiger partial charge in [0.15, 0.2) is 23.0 Å². The Labute approximate surface area is 170 Å². The average Bonchev–Trinajstić information content (AvgIpc) is 2.84. The second-order valence-electron chi connectivity index (χ2n) is 9.98. The van der Waals surface area contributed by atoms with Crippen molar-refractivity contribution in [3.8, 4) is 0 Å². The van der Waals surface area contributed by atoms with Crippen molar-refractivity contribution >= 4 is 29.0 Å². The first-order chi connectivity index (χ1) is 13.0. The van der Waals surface area contributed by atoms with Crippen LogP contribution in [0.25, 0.3) is 0 Å². The Morgan fingerprint density at radius 1 is 1.25 bits per heavy atom. The quantitative estimate of drug-likeness (QED) is 0.628. The smallest absolute Gasteiger partial charge is 0.184 e. The molecule has 3 saturated carbocycles. The molecule has 0 aliphatic heterocycles. The maximum atomic E-state index is 16.9. The van der Waals surface area contributed by atoms with E-state index in [0.717, 1.165) is 12.0 Å². The number of Topliss-reactive ketones (excluding diaryl/α,β-unsaturated/α-hetero) is 2. The lowest BCUT2D eigenvalue weighted by molar-refractivity contribution is -0.172. The molecule has 0 aromatic rings. The van der Waals surface area contributed by atoms with E-state index in [1.165, 1.54) is 12.2 Å². The van der Waals surface area contributed by atoms with Crippen LogP contribution in [0.5, 0.6) is 0 Å². The van der Waals surface area contributed by atoms with Gasteiger partial charge in [-0.25, -0.2) is 4.39 Å². The Morgan fingerprint density at radius 2 is 1.93 bits per heavy atom. The van der Waals surface area contributed by atoms with Crippen LogP contribution in [-0.2, 0) is 14.4 Å². The van der Waals surface area contributed by atoms with Crippen LogP contribution in [0.1, 0.15) is 53.4 Å². The van der Waals surface area contributed by atoms with Crippen LogP contribution >= 0.6 is 11.6 Å². The van der Waals surface area contributed by atoms with Crippen molar-refractivity contribution in [2.45, 2.75) is 59.0 Å².